The van der Waals surface area contributed by atoms with Crippen LogP contribution in [-0.4, -0.2) is 11.0 Å². The highest BCUT2D eigenvalue weighted by molar-refractivity contribution is 7.99. The lowest BCUT2D eigenvalue weighted by atomic mass is 10.1. The van der Waals surface area contributed by atoms with Gasteiger partial charge in [0.25, 0.3) is 0 Å². The lowest BCUT2D eigenvalue weighted by Gasteiger charge is -2.20. The Morgan fingerprint density at radius 1 is 1.10 bits per heavy atom. The molecule has 21 heavy (non-hydrogen) atoms. The van der Waals surface area contributed by atoms with E-state index in [0.29, 0.717) is 0 Å². The normalized spacial score (nSPS) is 14.2. The van der Waals surface area contributed by atoms with E-state index in [1.165, 1.54) is 5.39 Å². The van der Waals surface area contributed by atoms with Crippen LogP contribution in [0.1, 0.15) is 17.7 Å². The highest BCUT2D eigenvalue weighted by Gasteiger charge is 2.19. The Hall–Kier alpha value is -1.42. The van der Waals surface area contributed by atoms with Gasteiger partial charge in [-0.1, -0.05) is 53.7 Å². The fraction of sp³-hybridized carbons (Fsp3) is 0.176. The average Bonchev–Trinajstić information content (AvgIpc) is 2.87. The lowest BCUT2D eigenvalue weighted by Crippen LogP contribution is -2.22. The third-order valence-electron chi connectivity index (χ3n) is 3.41. The summed E-state index contributed by atoms with van der Waals surface area (Å²) in [6, 6.07) is 18.4. The number of nitrogens with two attached hydrogens (primary N) is 1. The molecular formula is C17H17ClN2S. The summed E-state index contributed by atoms with van der Waals surface area (Å²) in [5.74, 6) is 0. The maximum Gasteiger partial charge on any atom is 0.0739 e. The molecule has 0 spiro atoms. The van der Waals surface area contributed by atoms with E-state index in [0.717, 1.165) is 21.1 Å². The number of hydrogen-bond donors (Lipinski definition) is 2. The molecule has 3 N–H and O–H groups in total. The van der Waals surface area contributed by atoms with Gasteiger partial charge in [-0.25, -0.2) is 0 Å². The molecule has 0 radical (unpaired) electrons. The van der Waals surface area contributed by atoms with Crippen molar-refractivity contribution in [2.45, 2.75) is 23.2 Å². The van der Waals surface area contributed by atoms with E-state index < -0.39 is 0 Å². The van der Waals surface area contributed by atoms with E-state index in [1.54, 1.807) is 11.8 Å². The smallest absolute Gasteiger partial charge is 0.0739 e. The number of nitrogens with one attached hydrogen (secondary N) is 1. The topological polar surface area (TPSA) is 41.8 Å². The molecule has 2 atom stereocenters. The number of aromatic amines is 1. The SMILES string of the molecule is CC(N)C(Sc1cc2ccccc2[nH]1)c1cccc(Cl)c1. The van der Waals surface area contributed by atoms with Gasteiger partial charge in [-0.15, -0.1) is 0 Å². The van der Waals surface area contributed by atoms with Crippen molar-refractivity contribution in [3.05, 3.63) is 65.2 Å². The molecule has 0 aliphatic carbocycles. The quantitative estimate of drug-likeness (QED) is 0.665. The number of halogens is 1. The highest BCUT2D eigenvalue weighted by atomic mass is 35.5. The molecule has 2 unspecified atom stereocenters. The molecule has 2 aromatic carbocycles. The summed E-state index contributed by atoms with van der Waals surface area (Å²) in [6.07, 6.45) is 0. The molecular weight excluding hydrogens is 300 g/mol. The Morgan fingerprint density at radius 2 is 1.90 bits per heavy atom. The monoisotopic (exact) mass is 316 g/mol. The van der Waals surface area contributed by atoms with E-state index >= 15 is 0 Å². The van der Waals surface area contributed by atoms with Crippen LogP contribution < -0.4 is 5.73 Å². The second-order valence-electron chi connectivity index (χ2n) is 5.17. The average molecular weight is 317 g/mol. The van der Waals surface area contributed by atoms with Crippen molar-refractivity contribution in [1.29, 1.82) is 0 Å². The van der Waals surface area contributed by atoms with Gasteiger partial charge in [-0.3, -0.25) is 0 Å². The molecule has 0 saturated heterocycles. The summed E-state index contributed by atoms with van der Waals surface area (Å²) in [4.78, 5) is 3.44. The van der Waals surface area contributed by atoms with Crippen LogP contribution in [0.25, 0.3) is 10.9 Å². The number of aromatic nitrogens is 1. The van der Waals surface area contributed by atoms with Gasteiger partial charge in [-0.2, -0.15) is 0 Å². The molecule has 0 aliphatic rings. The van der Waals surface area contributed by atoms with Crippen LogP contribution in [0.3, 0.4) is 0 Å². The largest absolute Gasteiger partial charge is 0.350 e. The van der Waals surface area contributed by atoms with Crippen molar-refractivity contribution in [2.75, 3.05) is 0 Å². The maximum absolute atomic E-state index is 6.18. The lowest BCUT2D eigenvalue weighted by molar-refractivity contribution is 0.720. The number of rotatable bonds is 4. The molecule has 0 fully saturated rings. The number of H-pyrrole nitrogens is 1. The molecule has 3 aromatic rings. The minimum Gasteiger partial charge on any atom is -0.350 e. The molecule has 0 amide bonds. The van der Waals surface area contributed by atoms with Crippen LogP contribution in [0.15, 0.2) is 59.6 Å². The Kier molecular flexibility index (Phi) is 4.24. The molecule has 2 nitrogen and oxygen atoms in total. The van der Waals surface area contributed by atoms with Gasteiger partial charge in [0.1, 0.15) is 0 Å². The van der Waals surface area contributed by atoms with Gasteiger partial charge in [0.2, 0.25) is 0 Å². The van der Waals surface area contributed by atoms with Crippen LogP contribution in [0, 0.1) is 0 Å². The van der Waals surface area contributed by atoms with Crippen molar-refractivity contribution < 1.29 is 0 Å². The van der Waals surface area contributed by atoms with Crippen molar-refractivity contribution in [2.24, 2.45) is 5.73 Å². The summed E-state index contributed by atoms with van der Waals surface area (Å²) in [5.41, 5.74) is 8.48. The van der Waals surface area contributed by atoms with Crippen molar-refractivity contribution in [1.82, 2.24) is 4.98 Å². The Balaban J connectivity index is 1.91. The number of fused-ring (bicyclic) bond motifs is 1. The van der Waals surface area contributed by atoms with Crippen LogP contribution >= 0.6 is 23.4 Å². The molecule has 4 heteroatoms. The third-order valence-corrected chi connectivity index (χ3v) is 5.08. The predicted molar refractivity (Wildman–Crippen MR) is 92.0 cm³/mol. The zero-order chi connectivity index (χ0) is 14.8. The molecule has 3 rings (SSSR count). The fourth-order valence-electron chi connectivity index (χ4n) is 2.41. The second kappa shape index (κ2) is 6.14. The maximum atomic E-state index is 6.18. The minimum absolute atomic E-state index is 0.0277. The number of benzene rings is 2. The molecule has 0 bridgehead atoms. The van der Waals surface area contributed by atoms with Crippen LogP contribution in [0.4, 0.5) is 0 Å². The van der Waals surface area contributed by atoms with Crippen LogP contribution in [0.5, 0.6) is 0 Å². The number of thioether (sulfide) groups is 1. The van der Waals surface area contributed by atoms with Crippen molar-refractivity contribution >= 4 is 34.3 Å². The first-order valence-electron chi connectivity index (χ1n) is 6.89. The first-order chi connectivity index (χ1) is 10.1. The first kappa shape index (κ1) is 14.5. The van der Waals surface area contributed by atoms with E-state index in [9.17, 15) is 0 Å². The predicted octanol–water partition coefficient (Wildman–Crippen LogP) is 5.00. The van der Waals surface area contributed by atoms with E-state index in [1.807, 2.05) is 37.3 Å². The minimum atomic E-state index is 0.0277. The molecule has 1 heterocycles. The summed E-state index contributed by atoms with van der Waals surface area (Å²) in [6.45, 7) is 2.03. The van der Waals surface area contributed by atoms with Crippen molar-refractivity contribution in [3.63, 3.8) is 0 Å². The highest BCUT2D eigenvalue weighted by Crippen LogP contribution is 2.38. The first-order valence-corrected chi connectivity index (χ1v) is 8.15. The summed E-state index contributed by atoms with van der Waals surface area (Å²) in [7, 11) is 0. The van der Waals surface area contributed by atoms with Gasteiger partial charge < -0.3 is 10.7 Å². The molecule has 0 saturated carbocycles. The van der Waals surface area contributed by atoms with Gasteiger partial charge in [0.05, 0.1) is 10.3 Å². The van der Waals surface area contributed by atoms with Gasteiger partial charge in [0.15, 0.2) is 0 Å². The zero-order valence-corrected chi connectivity index (χ0v) is 13.3. The van der Waals surface area contributed by atoms with Gasteiger partial charge in [-0.05, 0) is 36.8 Å². The fourth-order valence-corrected chi connectivity index (χ4v) is 3.74. The van der Waals surface area contributed by atoms with Gasteiger partial charge in [0, 0.05) is 22.0 Å². The molecule has 0 aliphatic heterocycles. The third kappa shape index (κ3) is 3.26. The van der Waals surface area contributed by atoms with E-state index in [4.69, 9.17) is 17.3 Å². The summed E-state index contributed by atoms with van der Waals surface area (Å²) in [5, 5.41) is 3.25. The standard InChI is InChI=1S/C17H17ClN2S/c1-11(19)17(13-6-4-7-14(18)9-13)21-16-10-12-5-2-3-8-15(12)20-16/h2-11,17,20H,19H2,1H3. The summed E-state index contributed by atoms with van der Waals surface area (Å²) < 4.78 is 0. The number of para-hydroxylation sites is 1. The van der Waals surface area contributed by atoms with E-state index in [-0.39, 0.29) is 11.3 Å². The Bertz CT molecular complexity index is 718. The van der Waals surface area contributed by atoms with Gasteiger partial charge >= 0.3 is 0 Å². The summed E-state index contributed by atoms with van der Waals surface area (Å²) >= 11 is 7.85. The van der Waals surface area contributed by atoms with E-state index in [2.05, 4.69) is 29.2 Å². The molecule has 1 aromatic heterocycles. The zero-order valence-electron chi connectivity index (χ0n) is 11.7. The van der Waals surface area contributed by atoms with Crippen molar-refractivity contribution in [3.8, 4) is 0 Å². The Morgan fingerprint density at radius 3 is 2.62 bits per heavy atom. The Labute approximate surface area is 133 Å². The molecule has 108 valence electrons. The second-order valence-corrected chi connectivity index (χ2v) is 6.79. The number of hydrogen-bond acceptors (Lipinski definition) is 2. The van der Waals surface area contributed by atoms with Crippen LogP contribution in [0.2, 0.25) is 5.02 Å². The van der Waals surface area contributed by atoms with Crippen LogP contribution in [-0.2, 0) is 0 Å².